The monoisotopic (exact) mass is 465 g/mol. The van der Waals surface area contributed by atoms with E-state index in [4.69, 9.17) is 16.3 Å². The van der Waals surface area contributed by atoms with Crippen LogP contribution < -0.4 is 0 Å². The first-order valence-electron chi connectivity index (χ1n) is 9.94. The van der Waals surface area contributed by atoms with Gasteiger partial charge in [0.1, 0.15) is 0 Å². The minimum atomic E-state index is -3.05. The van der Waals surface area contributed by atoms with Crippen molar-refractivity contribution in [2.75, 3.05) is 18.1 Å². The summed E-state index contributed by atoms with van der Waals surface area (Å²) in [5.41, 5.74) is 2.32. The smallest absolute Gasteiger partial charge is 0.306 e. The molecule has 1 saturated heterocycles. The lowest BCUT2D eigenvalue weighted by Crippen LogP contribution is -2.17. The average molecular weight is 466 g/mol. The molecule has 0 spiro atoms. The van der Waals surface area contributed by atoms with Gasteiger partial charge in [-0.2, -0.15) is 0 Å². The summed E-state index contributed by atoms with van der Waals surface area (Å²) in [6.45, 7) is 3.15. The first kappa shape index (κ1) is 23.2. The number of ketones is 2. The van der Waals surface area contributed by atoms with Gasteiger partial charge in [0.25, 0.3) is 0 Å². The van der Waals surface area contributed by atoms with Gasteiger partial charge in [-0.1, -0.05) is 11.6 Å². The number of esters is 1. The Bertz CT molecular complexity index is 1120. The first-order chi connectivity index (χ1) is 14.6. The number of carbonyl (C=O) groups is 3. The molecule has 0 bridgehead atoms. The Labute approximate surface area is 186 Å². The molecule has 0 radical (unpaired) electrons. The van der Waals surface area contributed by atoms with Gasteiger partial charge >= 0.3 is 5.97 Å². The van der Waals surface area contributed by atoms with Crippen LogP contribution in [-0.2, 0) is 19.4 Å². The number of carbonyl (C=O) groups excluding carboxylic acids is 3. The van der Waals surface area contributed by atoms with Gasteiger partial charge in [-0.25, -0.2) is 8.42 Å². The Kier molecular flexibility index (Phi) is 7.01. The zero-order valence-corrected chi connectivity index (χ0v) is 19.0. The number of ether oxygens (including phenoxy) is 1. The summed E-state index contributed by atoms with van der Waals surface area (Å²) in [6.07, 6.45) is 0.357. The van der Waals surface area contributed by atoms with Crippen molar-refractivity contribution in [3.05, 3.63) is 57.9 Å². The van der Waals surface area contributed by atoms with Crippen molar-refractivity contribution in [3.8, 4) is 0 Å². The molecule has 1 aromatic carbocycles. The lowest BCUT2D eigenvalue weighted by molar-refractivity contribution is -0.142. The number of sulfone groups is 1. The van der Waals surface area contributed by atoms with E-state index in [-0.39, 0.29) is 42.0 Å². The van der Waals surface area contributed by atoms with Crippen LogP contribution in [0.5, 0.6) is 0 Å². The number of Topliss-reactive ketones (excluding diaryl/α,β-unsaturated/α-hetero) is 2. The van der Waals surface area contributed by atoms with E-state index in [1.165, 1.54) is 0 Å². The molecule has 0 N–H and O–H groups in total. The molecule has 1 aliphatic rings. The molecular weight excluding hydrogens is 442 g/mol. The molecule has 0 unspecified atom stereocenters. The summed E-state index contributed by atoms with van der Waals surface area (Å²) in [6, 6.07) is 7.89. The molecule has 31 heavy (non-hydrogen) atoms. The molecule has 9 heteroatoms. The van der Waals surface area contributed by atoms with Crippen LogP contribution in [0.25, 0.3) is 0 Å². The molecule has 1 aliphatic heterocycles. The Morgan fingerprint density at radius 3 is 2.39 bits per heavy atom. The molecule has 1 atom stereocenters. The van der Waals surface area contributed by atoms with Gasteiger partial charge in [0.05, 0.1) is 17.9 Å². The standard InChI is InChI=1S/C22H24ClNO6S/c1-14-11-19(15(2)24(14)18-9-10-31(28,29)13-18)21(26)12-30-22(27)8-7-20(25)16-3-5-17(23)6-4-16/h3-6,11,18H,7-10,12-13H2,1-2H3/t18-/m1/s1. The molecule has 2 aromatic rings. The van der Waals surface area contributed by atoms with Gasteiger partial charge in [-0.15, -0.1) is 0 Å². The summed E-state index contributed by atoms with van der Waals surface area (Å²) in [5, 5.41) is 0.517. The highest BCUT2D eigenvalue weighted by Gasteiger charge is 2.31. The highest BCUT2D eigenvalue weighted by atomic mass is 35.5. The van der Waals surface area contributed by atoms with E-state index < -0.39 is 22.4 Å². The number of halogens is 1. The van der Waals surface area contributed by atoms with Crippen LogP contribution >= 0.6 is 11.6 Å². The maximum absolute atomic E-state index is 12.6. The predicted molar refractivity (Wildman–Crippen MR) is 117 cm³/mol. The van der Waals surface area contributed by atoms with Crippen LogP contribution in [0.15, 0.2) is 30.3 Å². The zero-order valence-electron chi connectivity index (χ0n) is 17.4. The normalized spacial score (nSPS) is 17.5. The minimum Gasteiger partial charge on any atom is -0.457 e. The van der Waals surface area contributed by atoms with Crippen LogP contribution in [-0.4, -0.2) is 48.6 Å². The molecule has 0 aliphatic carbocycles. The van der Waals surface area contributed by atoms with E-state index in [0.29, 0.717) is 28.3 Å². The SMILES string of the molecule is Cc1cc(C(=O)COC(=O)CCC(=O)c2ccc(Cl)cc2)c(C)n1[C@@H]1CCS(=O)(=O)C1. The lowest BCUT2D eigenvalue weighted by atomic mass is 10.1. The zero-order chi connectivity index (χ0) is 22.8. The number of aryl methyl sites for hydroxylation is 1. The van der Waals surface area contributed by atoms with Crippen LogP contribution in [0.1, 0.15) is 57.4 Å². The molecule has 2 heterocycles. The maximum atomic E-state index is 12.6. The van der Waals surface area contributed by atoms with Crippen molar-refractivity contribution in [1.82, 2.24) is 4.57 Å². The molecule has 1 aromatic heterocycles. The number of hydrogen-bond acceptors (Lipinski definition) is 6. The third-order valence-corrected chi connectivity index (χ3v) is 7.45. The second-order valence-electron chi connectivity index (χ2n) is 7.73. The van der Waals surface area contributed by atoms with E-state index in [0.717, 1.165) is 5.69 Å². The highest BCUT2D eigenvalue weighted by molar-refractivity contribution is 7.91. The van der Waals surface area contributed by atoms with E-state index in [1.54, 1.807) is 37.3 Å². The Hall–Kier alpha value is -2.45. The molecule has 7 nitrogen and oxygen atoms in total. The van der Waals surface area contributed by atoms with Gasteiger partial charge in [0.2, 0.25) is 5.78 Å². The summed E-state index contributed by atoms with van der Waals surface area (Å²) in [7, 11) is -3.05. The maximum Gasteiger partial charge on any atom is 0.306 e. The summed E-state index contributed by atoms with van der Waals surface area (Å²) in [5.74, 6) is -1.00. The van der Waals surface area contributed by atoms with Gasteiger partial charge in [-0.05, 0) is 50.6 Å². The second kappa shape index (κ2) is 9.36. The molecule has 166 valence electrons. The summed E-state index contributed by atoms with van der Waals surface area (Å²) in [4.78, 5) is 36.7. The van der Waals surface area contributed by atoms with Crippen molar-refractivity contribution in [1.29, 1.82) is 0 Å². The number of benzene rings is 1. The fourth-order valence-corrected chi connectivity index (χ4v) is 5.72. The van der Waals surface area contributed by atoms with Crippen molar-refractivity contribution in [2.45, 2.75) is 39.2 Å². The van der Waals surface area contributed by atoms with E-state index >= 15 is 0 Å². The van der Waals surface area contributed by atoms with Crippen LogP contribution in [0, 0.1) is 13.8 Å². The highest BCUT2D eigenvalue weighted by Crippen LogP contribution is 2.29. The first-order valence-corrected chi connectivity index (χ1v) is 12.1. The topological polar surface area (TPSA) is 99.5 Å². The largest absolute Gasteiger partial charge is 0.457 e. The molecule has 0 amide bonds. The van der Waals surface area contributed by atoms with Gasteiger partial charge < -0.3 is 9.30 Å². The third kappa shape index (κ3) is 5.62. The molecule has 0 saturated carbocycles. The van der Waals surface area contributed by atoms with Crippen LogP contribution in [0.3, 0.4) is 0 Å². The number of nitrogens with zero attached hydrogens (tertiary/aromatic N) is 1. The van der Waals surface area contributed by atoms with Crippen molar-refractivity contribution >= 4 is 39.0 Å². The quantitative estimate of drug-likeness (QED) is 0.437. The van der Waals surface area contributed by atoms with E-state index in [9.17, 15) is 22.8 Å². The summed E-state index contributed by atoms with van der Waals surface area (Å²) < 4.78 is 30.5. The van der Waals surface area contributed by atoms with Gasteiger partial charge in [0.15, 0.2) is 22.2 Å². The van der Waals surface area contributed by atoms with Crippen LogP contribution in [0.4, 0.5) is 0 Å². The predicted octanol–water partition coefficient (Wildman–Crippen LogP) is 3.51. The Balaban J connectivity index is 1.55. The molecular formula is C22H24ClNO6S. The average Bonchev–Trinajstić information content (AvgIpc) is 3.22. The molecule has 3 rings (SSSR count). The van der Waals surface area contributed by atoms with Crippen molar-refractivity contribution in [3.63, 3.8) is 0 Å². The lowest BCUT2D eigenvalue weighted by Gasteiger charge is -2.16. The number of aromatic nitrogens is 1. The fourth-order valence-electron chi connectivity index (χ4n) is 3.89. The van der Waals surface area contributed by atoms with Crippen molar-refractivity contribution in [2.24, 2.45) is 0 Å². The van der Waals surface area contributed by atoms with Crippen molar-refractivity contribution < 1.29 is 27.5 Å². The second-order valence-corrected chi connectivity index (χ2v) is 10.4. The fraction of sp³-hybridized carbons (Fsp3) is 0.409. The van der Waals surface area contributed by atoms with E-state index in [2.05, 4.69) is 0 Å². The third-order valence-electron chi connectivity index (χ3n) is 5.44. The summed E-state index contributed by atoms with van der Waals surface area (Å²) >= 11 is 5.79. The van der Waals surface area contributed by atoms with Gasteiger partial charge in [-0.3, -0.25) is 14.4 Å². The Morgan fingerprint density at radius 2 is 1.77 bits per heavy atom. The van der Waals surface area contributed by atoms with Gasteiger partial charge in [0, 0.05) is 40.0 Å². The van der Waals surface area contributed by atoms with E-state index in [1.807, 2.05) is 11.5 Å². The number of rotatable bonds is 8. The van der Waals surface area contributed by atoms with Crippen LogP contribution in [0.2, 0.25) is 5.02 Å². The number of hydrogen-bond donors (Lipinski definition) is 0. The Morgan fingerprint density at radius 1 is 1.10 bits per heavy atom. The molecule has 1 fully saturated rings. The minimum absolute atomic E-state index is 0.0284.